The van der Waals surface area contributed by atoms with Crippen LogP contribution < -0.4 is 0 Å². The van der Waals surface area contributed by atoms with Crippen LogP contribution in [0.25, 0.3) is 11.0 Å². The number of fused-ring (bicyclic) bond motifs is 1. The fourth-order valence-corrected chi connectivity index (χ4v) is 2.60. The molecule has 0 N–H and O–H groups in total. The molecular weight excluding hydrogens is 337 g/mol. The number of carbonyl (C=O) groups excluding carboxylic acids is 2. The van der Waals surface area contributed by atoms with Crippen molar-refractivity contribution in [3.63, 3.8) is 0 Å². The van der Waals surface area contributed by atoms with Crippen LogP contribution >= 0.6 is 0 Å². The fourth-order valence-electron chi connectivity index (χ4n) is 2.60. The van der Waals surface area contributed by atoms with Crippen LogP contribution in [-0.2, 0) is 16.1 Å². The first-order valence-electron chi connectivity index (χ1n) is 8.24. The number of hydrogen-bond donors (Lipinski definition) is 0. The zero-order chi connectivity index (χ0) is 18.5. The summed E-state index contributed by atoms with van der Waals surface area (Å²) in [6.45, 7) is 2.06. The first-order chi connectivity index (χ1) is 12.6. The summed E-state index contributed by atoms with van der Waals surface area (Å²) in [4.78, 5) is 25.9. The van der Waals surface area contributed by atoms with Gasteiger partial charge in [0.1, 0.15) is 11.4 Å². The van der Waals surface area contributed by atoms with E-state index in [1.807, 2.05) is 12.1 Å². The highest BCUT2D eigenvalue weighted by Gasteiger charge is 2.18. The normalized spacial score (nSPS) is 10.7. The molecule has 1 amide bonds. The standard InChI is InChI=1S/C20H18FNO4/c1-2-22(12-14-6-5-8-16(21)10-14)19(23)13-25-20(24)18-11-15-7-3-4-9-17(15)26-18/h3-11H,2,12-13H2,1H3. The van der Waals surface area contributed by atoms with Gasteiger partial charge in [0.05, 0.1) is 0 Å². The Bertz CT molecular complexity index is 901. The summed E-state index contributed by atoms with van der Waals surface area (Å²) in [7, 11) is 0. The SMILES string of the molecule is CCN(Cc1cccc(F)c1)C(=O)COC(=O)c1cc2ccccc2o1. The van der Waals surface area contributed by atoms with Crippen molar-refractivity contribution in [1.82, 2.24) is 4.90 Å². The molecule has 3 rings (SSSR count). The molecule has 0 aliphatic heterocycles. The second-order valence-electron chi connectivity index (χ2n) is 5.76. The third-order valence-corrected chi connectivity index (χ3v) is 3.95. The van der Waals surface area contributed by atoms with Crippen LogP contribution in [0.15, 0.2) is 59.0 Å². The van der Waals surface area contributed by atoms with Crippen LogP contribution in [0, 0.1) is 5.82 Å². The third kappa shape index (κ3) is 4.08. The van der Waals surface area contributed by atoms with E-state index >= 15 is 0 Å². The van der Waals surface area contributed by atoms with Gasteiger partial charge in [-0.15, -0.1) is 0 Å². The van der Waals surface area contributed by atoms with Gasteiger partial charge in [-0.3, -0.25) is 4.79 Å². The highest BCUT2D eigenvalue weighted by molar-refractivity contribution is 5.93. The minimum absolute atomic E-state index is 0.0483. The lowest BCUT2D eigenvalue weighted by atomic mass is 10.2. The summed E-state index contributed by atoms with van der Waals surface area (Å²) in [5, 5.41) is 0.784. The lowest BCUT2D eigenvalue weighted by molar-refractivity contribution is -0.135. The minimum Gasteiger partial charge on any atom is -0.450 e. The molecule has 2 aromatic carbocycles. The van der Waals surface area contributed by atoms with E-state index in [1.54, 1.807) is 37.3 Å². The number of esters is 1. The maximum Gasteiger partial charge on any atom is 0.374 e. The summed E-state index contributed by atoms with van der Waals surface area (Å²) >= 11 is 0. The van der Waals surface area contributed by atoms with E-state index in [4.69, 9.17) is 9.15 Å². The van der Waals surface area contributed by atoms with Crippen LogP contribution in [0.2, 0.25) is 0 Å². The van der Waals surface area contributed by atoms with Gasteiger partial charge >= 0.3 is 5.97 Å². The molecule has 0 saturated carbocycles. The number of para-hydroxylation sites is 1. The zero-order valence-corrected chi connectivity index (χ0v) is 14.3. The van der Waals surface area contributed by atoms with Crippen molar-refractivity contribution < 1.29 is 23.1 Å². The summed E-state index contributed by atoms with van der Waals surface area (Å²) in [6.07, 6.45) is 0. The number of hydrogen-bond acceptors (Lipinski definition) is 4. The van der Waals surface area contributed by atoms with E-state index in [9.17, 15) is 14.0 Å². The van der Waals surface area contributed by atoms with Gasteiger partial charge in [0, 0.05) is 18.5 Å². The first-order valence-corrected chi connectivity index (χ1v) is 8.24. The average Bonchev–Trinajstić information content (AvgIpc) is 3.08. The molecule has 5 nitrogen and oxygen atoms in total. The smallest absolute Gasteiger partial charge is 0.374 e. The van der Waals surface area contributed by atoms with Crippen LogP contribution in [0.4, 0.5) is 4.39 Å². The Morgan fingerprint density at radius 1 is 1.12 bits per heavy atom. The minimum atomic E-state index is -0.698. The Morgan fingerprint density at radius 3 is 2.65 bits per heavy atom. The molecule has 0 aliphatic rings. The second kappa shape index (κ2) is 7.82. The van der Waals surface area contributed by atoms with E-state index in [1.165, 1.54) is 17.0 Å². The topological polar surface area (TPSA) is 59.8 Å². The number of nitrogens with zero attached hydrogens (tertiary/aromatic N) is 1. The number of ether oxygens (including phenoxy) is 1. The highest BCUT2D eigenvalue weighted by Crippen LogP contribution is 2.19. The fraction of sp³-hybridized carbons (Fsp3) is 0.200. The molecule has 1 heterocycles. The molecule has 0 aliphatic carbocycles. The van der Waals surface area contributed by atoms with Crippen molar-refractivity contribution in [3.05, 3.63) is 71.7 Å². The van der Waals surface area contributed by atoms with E-state index in [0.717, 1.165) is 5.39 Å². The number of halogens is 1. The zero-order valence-electron chi connectivity index (χ0n) is 14.3. The van der Waals surface area contributed by atoms with Crippen LogP contribution in [0.5, 0.6) is 0 Å². The monoisotopic (exact) mass is 355 g/mol. The Kier molecular flexibility index (Phi) is 5.31. The molecule has 0 fully saturated rings. The van der Waals surface area contributed by atoms with Gasteiger partial charge in [-0.25, -0.2) is 9.18 Å². The van der Waals surface area contributed by atoms with Gasteiger partial charge < -0.3 is 14.1 Å². The molecule has 0 spiro atoms. The molecule has 0 radical (unpaired) electrons. The summed E-state index contributed by atoms with van der Waals surface area (Å²) in [5.74, 6) is -1.37. The molecule has 1 aromatic heterocycles. The number of furan rings is 1. The number of amides is 1. The van der Waals surface area contributed by atoms with Crippen molar-refractivity contribution in [3.8, 4) is 0 Å². The average molecular weight is 355 g/mol. The maximum atomic E-state index is 13.3. The molecule has 3 aromatic rings. The Hall–Kier alpha value is -3.15. The Balaban J connectivity index is 1.60. The van der Waals surface area contributed by atoms with Gasteiger partial charge in [0.15, 0.2) is 6.61 Å². The van der Waals surface area contributed by atoms with Gasteiger partial charge in [0.25, 0.3) is 5.91 Å². The number of likely N-dealkylation sites (N-methyl/N-ethyl adjacent to an activating group) is 1. The lowest BCUT2D eigenvalue weighted by Crippen LogP contribution is -2.34. The Morgan fingerprint density at radius 2 is 1.92 bits per heavy atom. The lowest BCUT2D eigenvalue weighted by Gasteiger charge is -2.20. The third-order valence-electron chi connectivity index (χ3n) is 3.95. The molecule has 26 heavy (non-hydrogen) atoms. The van der Waals surface area contributed by atoms with Crippen molar-refractivity contribution in [1.29, 1.82) is 0 Å². The van der Waals surface area contributed by atoms with Gasteiger partial charge in [0.2, 0.25) is 5.76 Å². The highest BCUT2D eigenvalue weighted by atomic mass is 19.1. The molecule has 0 unspecified atom stereocenters. The molecule has 0 atom stereocenters. The van der Waals surface area contributed by atoms with Crippen molar-refractivity contribution in [2.45, 2.75) is 13.5 Å². The van der Waals surface area contributed by atoms with Crippen LogP contribution in [0.1, 0.15) is 23.0 Å². The molecule has 0 bridgehead atoms. The van der Waals surface area contributed by atoms with E-state index in [0.29, 0.717) is 17.7 Å². The number of rotatable bonds is 6. The molecule has 134 valence electrons. The van der Waals surface area contributed by atoms with Crippen molar-refractivity contribution >= 4 is 22.8 Å². The van der Waals surface area contributed by atoms with E-state index < -0.39 is 12.6 Å². The van der Waals surface area contributed by atoms with Crippen LogP contribution in [-0.4, -0.2) is 29.9 Å². The summed E-state index contributed by atoms with van der Waals surface area (Å²) in [6, 6.07) is 14.8. The van der Waals surface area contributed by atoms with E-state index in [-0.39, 0.29) is 24.0 Å². The summed E-state index contributed by atoms with van der Waals surface area (Å²) < 4.78 is 23.8. The largest absolute Gasteiger partial charge is 0.450 e. The van der Waals surface area contributed by atoms with Crippen LogP contribution in [0.3, 0.4) is 0 Å². The van der Waals surface area contributed by atoms with Gasteiger partial charge in [-0.1, -0.05) is 30.3 Å². The predicted octanol–water partition coefficient (Wildman–Crippen LogP) is 3.78. The molecule has 0 saturated heterocycles. The second-order valence-corrected chi connectivity index (χ2v) is 5.76. The molecule has 6 heteroatoms. The predicted molar refractivity (Wildman–Crippen MR) is 94.0 cm³/mol. The van der Waals surface area contributed by atoms with Crippen molar-refractivity contribution in [2.24, 2.45) is 0 Å². The summed E-state index contributed by atoms with van der Waals surface area (Å²) in [5.41, 5.74) is 1.25. The number of carbonyl (C=O) groups is 2. The Labute approximate surface area is 150 Å². The van der Waals surface area contributed by atoms with Gasteiger partial charge in [-0.2, -0.15) is 0 Å². The first kappa shape index (κ1) is 17.7. The van der Waals surface area contributed by atoms with Crippen molar-refractivity contribution in [2.75, 3.05) is 13.2 Å². The van der Waals surface area contributed by atoms with E-state index in [2.05, 4.69) is 0 Å². The quantitative estimate of drug-likeness (QED) is 0.632. The maximum absolute atomic E-state index is 13.3. The van der Waals surface area contributed by atoms with Gasteiger partial charge in [-0.05, 0) is 36.8 Å². The molecular formula is C20H18FNO4. The number of benzene rings is 2.